The molecule has 2 fully saturated rings. The molecule has 1 saturated heterocycles. The maximum atomic E-state index is 15.8. The fraction of sp³-hybridized carbons (Fsp3) is 0.364. The van der Waals surface area contributed by atoms with E-state index in [1.54, 1.807) is 42.5 Å². The number of amides is 2. The van der Waals surface area contributed by atoms with Crippen LogP contribution in [0.5, 0.6) is 0 Å². The minimum atomic E-state index is -2.60. The Morgan fingerprint density at radius 2 is 1.83 bits per heavy atom. The first kappa shape index (κ1) is 19.8. The molecule has 152 valence electrons. The summed E-state index contributed by atoms with van der Waals surface area (Å²) in [5, 5.41) is 3.19. The first-order valence-corrected chi connectivity index (χ1v) is 12.4. The van der Waals surface area contributed by atoms with Crippen molar-refractivity contribution >= 4 is 30.5 Å². The molecule has 0 radical (unpaired) electrons. The molecule has 1 unspecified atom stereocenters. The van der Waals surface area contributed by atoms with Crippen LogP contribution < -0.4 is 15.5 Å². The number of hydrogen-bond donors (Lipinski definition) is 1. The van der Waals surface area contributed by atoms with Gasteiger partial charge in [0.05, 0.1) is 5.69 Å². The topological polar surface area (TPSA) is 66.5 Å². The van der Waals surface area contributed by atoms with Crippen molar-refractivity contribution in [1.29, 1.82) is 0 Å². The monoisotopic (exact) mass is 414 g/mol. The van der Waals surface area contributed by atoms with Crippen molar-refractivity contribution in [3.05, 3.63) is 47.8 Å². The second kappa shape index (κ2) is 7.42. The highest BCUT2D eigenvalue weighted by Gasteiger charge is 2.38. The van der Waals surface area contributed by atoms with E-state index in [9.17, 15) is 14.2 Å². The number of nitrogens with zero attached hydrogens (tertiary/aromatic N) is 1. The lowest BCUT2D eigenvalue weighted by atomic mass is 9.97. The molecule has 1 atom stereocenters. The Morgan fingerprint density at radius 1 is 1.10 bits per heavy atom. The van der Waals surface area contributed by atoms with Gasteiger partial charge < -0.3 is 14.8 Å². The zero-order valence-electron chi connectivity index (χ0n) is 16.5. The Morgan fingerprint density at radius 3 is 2.48 bits per heavy atom. The van der Waals surface area contributed by atoms with Crippen LogP contribution in [0.3, 0.4) is 0 Å². The van der Waals surface area contributed by atoms with E-state index < -0.39 is 13.2 Å². The molecular weight excluding hydrogens is 390 g/mol. The van der Waals surface area contributed by atoms with Gasteiger partial charge in [-0.2, -0.15) is 0 Å². The maximum absolute atomic E-state index is 15.8. The number of anilines is 1. The Labute approximate surface area is 169 Å². The summed E-state index contributed by atoms with van der Waals surface area (Å²) in [4.78, 5) is 25.0. The Bertz CT molecular complexity index is 1030. The third-order valence-corrected chi connectivity index (χ3v) is 7.23. The third kappa shape index (κ3) is 3.62. The molecular formula is C22H24FN2O3P. The Balaban J connectivity index is 1.82. The molecule has 1 saturated carbocycles. The molecule has 4 rings (SSSR count). The number of carbonyl (C=O) groups is 2. The molecule has 2 aromatic carbocycles. The second-order valence-corrected chi connectivity index (χ2v) is 11.3. The van der Waals surface area contributed by atoms with Crippen molar-refractivity contribution in [3.63, 3.8) is 0 Å². The van der Waals surface area contributed by atoms with E-state index in [1.165, 1.54) is 0 Å². The molecule has 0 aromatic heterocycles. The van der Waals surface area contributed by atoms with Gasteiger partial charge in [-0.1, -0.05) is 24.3 Å². The largest absolute Gasteiger partial charge is 0.347 e. The molecule has 0 bridgehead atoms. The van der Waals surface area contributed by atoms with E-state index in [-0.39, 0.29) is 17.6 Å². The molecule has 1 aliphatic heterocycles. The fourth-order valence-electron chi connectivity index (χ4n) is 4.11. The van der Waals surface area contributed by atoms with Gasteiger partial charge in [0, 0.05) is 23.0 Å². The van der Waals surface area contributed by atoms with E-state index in [0.717, 1.165) is 12.8 Å². The van der Waals surface area contributed by atoms with Crippen molar-refractivity contribution in [2.24, 2.45) is 0 Å². The lowest BCUT2D eigenvalue weighted by molar-refractivity contribution is -0.121. The smallest absolute Gasteiger partial charge is 0.249 e. The van der Waals surface area contributed by atoms with E-state index >= 15 is 4.39 Å². The number of rotatable bonds is 6. The van der Waals surface area contributed by atoms with Crippen molar-refractivity contribution in [1.82, 2.24) is 5.32 Å². The highest BCUT2D eigenvalue weighted by molar-refractivity contribution is 7.70. The van der Waals surface area contributed by atoms with E-state index in [1.807, 2.05) is 12.1 Å². The summed E-state index contributed by atoms with van der Waals surface area (Å²) in [7, 11) is -2.60. The van der Waals surface area contributed by atoms with Gasteiger partial charge in [0.2, 0.25) is 12.3 Å². The van der Waals surface area contributed by atoms with Gasteiger partial charge in [0.1, 0.15) is 19.0 Å². The SMILES string of the molecule is CP(C)(=O)c1ccccc1-c1ccc(N2CCC(NC=O)C2=O)c(C2CC2)c1F. The highest BCUT2D eigenvalue weighted by Crippen LogP contribution is 2.49. The summed E-state index contributed by atoms with van der Waals surface area (Å²) >= 11 is 0. The Kier molecular flexibility index (Phi) is 5.07. The van der Waals surface area contributed by atoms with Gasteiger partial charge in [-0.25, -0.2) is 4.39 Å². The Hall–Kier alpha value is -2.46. The minimum absolute atomic E-state index is 0.0815. The molecule has 2 aliphatic rings. The second-order valence-electron chi connectivity index (χ2n) is 8.12. The van der Waals surface area contributed by atoms with Crippen LogP contribution >= 0.6 is 7.14 Å². The van der Waals surface area contributed by atoms with Crippen LogP contribution in [0.4, 0.5) is 10.1 Å². The van der Waals surface area contributed by atoms with Crippen LogP contribution in [-0.4, -0.2) is 38.2 Å². The average Bonchev–Trinajstić information content (AvgIpc) is 3.45. The molecule has 29 heavy (non-hydrogen) atoms. The zero-order chi connectivity index (χ0) is 20.8. The molecule has 0 spiro atoms. The van der Waals surface area contributed by atoms with Gasteiger partial charge in [0.15, 0.2) is 0 Å². The van der Waals surface area contributed by atoms with E-state index in [0.29, 0.717) is 47.1 Å². The quantitative estimate of drug-likeness (QED) is 0.582. The first-order chi connectivity index (χ1) is 13.8. The molecule has 1 heterocycles. The van der Waals surface area contributed by atoms with Crippen molar-refractivity contribution < 1.29 is 18.5 Å². The summed E-state index contributed by atoms with van der Waals surface area (Å²) in [5.41, 5.74) is 2.20. The predicted octanol–water partition coefficient (Wildman–Crippen LogP) is 3.47. The molecule has 2 amide bonds. The molecule has 1 aliphatic carbocycles. The lowest BCUT2D eigenvalue weighted by Gasteiger charge is -2.23. The first-order valence-electron chi connectivity index (χ1n) is 9.81. The van der Waals surface area contributed by atoms with Crippen LogP contribution in [0.25, 0.3) is 11.1 Å². The number of halogens is 1. The van der Waals surface area contributed by atoms with Gasteiger partial charge in [0.25, 0.3) is 0 Å². The van der Waals surface area contributed by atoms with E-state index in [2.05, 4.69) is 5.32 Å². The minimum Gasteiger partial charge on any atom is -0.347 e. The summed E-state index contributed by atoms with van der Waals surface area (Å²) in [5.74, 6) is -0.471. The number of benzene rings is 2. The molecule has 7 heteroatoms. The standard InChI is InChI=1S/C22H24FN2O3P/c1-29(2,28)19-6-4-3-5-15(19)16-9-10-18(20(21(16)23)14-7-8-14)25-12-11-17(22(25)27)24-13-26/h3-6,9-10,13-14,17H,7-8,11-12H2,1-2H3,(H,24,26). The summed E-state index contributed by atoms with van der Waals surface area (Å²) in [6.07, 6.45) is 2.80. The fourth-order valence-corrected chi connectivity index (χ4v) is 5.33. The summed E-state index contributed by atoms with van der Waals surface area (Å²) in [6, 6.07) is 10.1. The third-order valence-electron chi connectivity index (χ3n) is 5.68. The molecule has 2 aromatic rings. The van der Waals surface area contributed by atoms with E-state index in [4.69, 9.17) is 0 Å². The van der Waals surface area contributed by atoms with Crippen LogP contribution in [-0.2, 0) is 14.2 Å². The number of hydrogen-bond acceptors (Lipinski definition) is 3. The average molecular weight is 414 g/mol. The van der Waals surface area contributed by atoms with Crippen molar-refractivity contribution in [3.8, 4) is 11.1 Å². The predicted molar refractivity (Wildman–Crippen MR) is 113 cm³/mol. The van der Waals surface area contributed by atoms with Gasteiger partial charge >= 0.3 is 0 Å². The summed E-state index contributed by atoms with van der Waals surface area (Å²) < 4.78 is 28.6. The van der Waals surface area contributed by atoms with Crippen molar-refractivity contribution in [2.45, 2.75) is 31.2 Å². The van der Waals surface area contributed by atoms with Gasteiger partial charge in [-0.3, -0.25) is 9.59 Å². The zero-order valence-corrected chi connectivity index (χ0v) is 17.4. The number of carbonyl (C=O) groups excluding carboxylic acids is 2. The molecule has 5 nitrogen and oxygen atoms in total. The van der Waals surface area contributed by atoms with Crippen LogP contribution in [0.15, 0.2) is 36.4 Å². The molecule has 1 N–H and O–H groups in total. The summed E-state index contributed by atoms with van der Waals surface area (Å²) in [6.45, 7) is 3.81. The van der Waals surface area contributed by atoms with Crippen LogP contribution in [0.2, 0.25) is 0 Å². The van der Waals surface area contributed by atoms with Crippen LogP contribution in [0.1, 0.15) is 30.7 Å². The highest BCUT2D eigenvalue weighted by atomic mass is 31.2. The van der Waals surface area contributed by atoms with Gasteiger partial charge in [-0.05, 0) is 56.2 Å². The maximum Gasteiger partial charge on any atom is 0.249 e. The van der Waals surface area contributed by atoms with Crippen LogP contribution in [0, 0.1) is 5.82 Å². The lowest BCUT2D eigenvalue weighted by Crippen LogP contribution is -2.38. The van der Waals surface area contributed by atoms with Crippen molar-refractivity contribution in [2.75, 3.05) is 24.8 Å². The normalized spacial score (nSPS) is 19.5. The number of nitrogens with one attached hydrogen (secondary N) is 1. The van der Waals surface area contributed by atoms with Gasteiger partial charge in [-0.15, -0.1) is 0 Å².